The molecule has 0 aromatic rings. The number of carbonyl (C=O) groups excluding carboxylic acids is 2. The van der Waals surface area contributed by atoms with Gasteiger partial charge in [0, 0.05) is 28.1 Å². The Morgan fingerprint density at radius 2 is 1.00 bits per heavy atom. The Morgan fingerprint density at radius 1 is 0.706 bits per heavy atom. The van der Waals surface area contributed by atoms with E-state index in [-0.39, 0.29) is 22.8 Å². The van der Waals surface area contributed by atoms with Crippen LogP contribution in [0.5, 0.6) is 0 Å². The Hall–Kier alpha value is -1.54. The largest absolute Gasteiger partial charge is 0.412 e. The molecule has 2 aliphatic rings. The second-order valence-electron chi connectivity index (χ2n) is 7.34. The van der Waals surface area contributed by atoms with Crippen LogP contribution in [0.3, 0.4) is 0 Å². The summed E-state index contributed by atoms with van der Waals surface area (Å²) >= 11 is 0. The van der Waals surface area contributed by atoms with Crippen LogP contribution in [0.4, 0.5) is 0 Å². The molecule has 0 radical (unpaired) electrons. The lowest BCUT2D eigenvalue weighted by Crippen LogP contribution is -2.64. The van der Waals surface area contributed by atoms with E-state index in [0.29, 0.717) is 0 Å². The summed E-state index contributed by atoms with van der Waals surface area (Å²) in [6.45, 7) is 1.68. The Labute approximate surface area is 196 Å². The number of hydrogen-bond acceptors (Lipinski definition) is 12. The van der Waals surface area contributed by atoms with Crippen LogP contribution in [-0.2, 0) is 28.5 Å². The molecule has 0 aliphatic carbocycles. The van der Waals surface area contributed by atoms with Crippen LogP contribution >= 0.6 is 0 Å². The minimum atomic E-state index is -1.27. The van der Waals surface area contributed by atoms with Crippen LogP contribution in [0.1, 0.15) is 13.8 Å². The van der Waals surface area contributed by atoms with Gasteiger partial charge in [-0.3, -0.25) is 9.59 Å². The van der Waals surface area contributed by atoms with Gasteiger partial charge in [0.25, 0.3) is 0 Å². The number of amides is 2. The highest BCUT2D eigenvalue weighted by Gasteiger charge is 2.45. The molecule has 204 valence electrons. The molecule has 0 aromatic heterocycles. The van der Waals surface area contributed by atoms with E-state index in [9.17, 15) is 30.0 Å². The van der Waals surface area contributed by atoms with Gasteiger partial charge in [-0.05, 0) is 0 Å². The average Bonchev–Trinajstić information content (AvgIpc) is 2.75. The molecule has 34 heavy (non-hydrogen) atoms. The summed E-state index contributed by atoms with van der Waals surface area (Å²) in [5.41, 5.74) is 0. The minimum absolute atomic E-state index is 0. The number of aliphatic hydroxyl groups is 6. The third-order valence-corrected chi connectivity index (χ3v) is 4.97. The van der Waals surface area contributed by atoms with Crippen LogP contribution in [0.15, 0.2) is 0 Å². The highest BCUT2D eigenvalue weighted by Crippen LogP contribution is 2.22. The molecule has 12 N–H and O–H groups in total. The van der Waals surface area contributed by atoms with Crippen molar-refractivity contribution in [3.8, 4) is 0 Å². The van der Waals surface area contributed by atoms with E-state index < -0.39 is 74.5 Å². The first-order valence-corrected chi connectivity index (χ1v) is 9.86. The van der Waals surface area contributed by atoms with E-state index in [1.54, 1.807) is 0 Å². The van der Waals surface area contributed by atoms with Gasteiger partial charge in [-0.1, -0.05) is 0 Å². The molecule has 10 atom stereocenters. The van der Waals surface area contributed by atoms with Crippen molar-refractivity contribution in [3.05, 3.63) is 0 Å². The molecule has 0 aromatic carbocycles. The van der Waals surface area contributed by atoms with Gasteiger partial charge in [0.15, 0.2) is 12.6 Å². The lowest BCUT2D eigenvalue weighted by molar-refractivity contribution is -0.262. The van der Waals surface area contributed by atoms with E-state index in [0.717, 1.165) is 0 Å². The quantitative estimate of drug-likeness (QED) is 0.167. The van der Waals surface area contributed by atoms with Crippen molar-refractivity contribution in [2.45, 2.75) is 75.1 Å². The fraction of sp³-hybridized carbons (Fsp3) is 0.889. The predicted octanol–water partition coefficient (Wildman–Crippen LogP) is -6.50. The van der Waals surface area contributed by atoms with Crippen molar-refractivity contribution < 1.29 is 70.1 Å². The first kappa shape index (κ1) is 34.6. The summed E-state index contributed by atoms with van der Waals surface area (Å²) in [5.74, 6) is -0.742. The standard InChI is InChI=1S/2C9H17NO6.2H2O/c2*1-4(12)10-6-8(14)7(13)5(3-11)16-9(6)15-2;;/h2*5-9,11,13-14H,3H2,1-2H3,(H,10,12);2*1H2/t2*5-,6-,7-,8-,9-;;/m11../s1. The number of ether oxygens (including phenoxy) is 4. The maximum atomic E-state index is 10.9. The zero-order valence-electron chi connectivity index (χ0n) is 19.3. The normalized spacial score (nSPS) is 37.1. The second kappa shape index (κ2) is 16.2. The van der Waals surface area contributed by atoms with Crippen molar-refractivity contribution in [2.75, 3.05) is 27.4 Å². The third-order valence-electron chi connectivity index (χ3n) is 4.97. The van der Waals surface area contributed by atoms with E-state index in [1.807, 2.05) is 0 Å². The molecule has 2 amide bonds. The SMILES string of the molecule is CO[C@@H]1O[C@H](CO)[C@@H](O)[C@H](O)[C@H]1NC(C)=O.CO[C@@H]1O[C@H](CO)[C@@H](O)[C@H](O)[C@H]1NC(C)=O.O.O. The molecular formula is C18H38N2O14. The van der Waals surface area contributed by atoms with Gasteiger partial charge in [-0.2, -0.15) is 0 Å². The van der Waals surface area contributed by atoms with Gasteiger partial charge in [-0.25, -0.2) is 0 Å². The summed E-state index contributed by atoms with van der Waals surface area (Å²) in [6, 6.07) is -1.72. The minimum Gasteiger partial charge on any atom is -0.412 e. The molecule has 0 bridgehead atoms. The molecule has 2 fully saturated rings. The Kier molecular flexibility index (Phi) is 16.5. The lowest BCUT2D eigenvalue weighted by atomic mass is 9.97. The Bertz CT molecular complexity index is 545. The van der Waals surface area contributed by atoms with Gasteiger partial charge in [0.05, 0.1) is 13.2 Å². The van der Waals surface area contributed by atoms with Gasteiger partial charge in [-0.15, -0.1) is 0 Å². The summed E-state index contributed by atoms with van der Waals surface area (Å²) in [7, 11) is 2.69. The topological polar surface area (TPSA) is 280 Å². The molecule has 2 rings (SSSR count). The molecular weight excluding hydrogens is 468 g/mol. The molecule has 2 heterocycles. The van der Waals surface area contributed by atoms with Crippen molar-refractivity contribution in [3.63, 3.8) is 0 Å². The molecule has 2 saturated heterocycles. The van der Waals surface area contributed by atoms with Crippen LogP contribution in [-0.4, -0.2) is 142 Å². The zero-order valence-corrected chi connectivity index (χ0v) is 19.3. The molecule has 16 heteroatoms. The van der Waals surface area contributed by atoms with Gasteiger partial charge < -0.3 is 71.2 Å². The highest BCUT2D eigenvalue weighted by atomic mass is 16.7. The summed E-state index contributed by atoms with van der Waals surface area (Å²) in [5, 5.41) is 61.4. The smallest absolute Gasteiger partial charge is 0.217 e. The zero-order chi connectivity index (χ0) is 24.6. The Morgan fingerprint density at radius 3 is 1.21 bits per heavy atom. The van der Waals surface area contributed by atoms with Gasteiger partial charge >= 0.3 is 0 Å². The lowest BCUT2D eigenvalue weighted by Gasteiger charge is -2.41. The first-order valence-electron chi connectivity index (χ1n) is 9.86. The number of rotatable bonds is 6. The average molecular weight is 507 g/mol. The van der Waals surface area contributed by atoms with E-state index in [4.69, 9.17) is 29.2 Å². The molecule has 16 nitrogen and oxygen atoms in total. The molecule has 2 aliphatic heterocycles. The van der Waals surface area contributed by atoms with Gasteiger partial charge in [0.1, 0.15) is 48.7 Å². The maximum Gasteiger partial charge on any atom is 0.217 e. The number of aliphatic hydroxyl groups excluding tert-OH is 6. The monoisotopic (exact) mass is 506 g/mol. The first-order chi connectivity index (χ1) is 15.0. The van der Waals surface area contributed by atoms with E-state index >= 15 is 0 Å². The maximum absolute atomic E-state index is 10.9. The van der Waals surface area contributed by atoms with E-state index in [1.165, 1.54) is 28.1 Å². The molecule has 0 unspecified atom stereocenters. The van der Waals surface area contributed by atoms with Gasteiger partial charge in [0.2, 0.25) is 11.8 Å². The third kappa shape index (κ3) is 8.91. The van der Waals surface area contributed by atoms with Crippen molar-refractivity contribution in [1.29, 1.82) is 0 Å². The van der Waals surface area contributed by atoms with Crippen LogP contribution in [0.2, 0.25) is 0 Å². The van der Waals surface area contributed by atoms with Crippen molar-refractivity contribution in [2.24, 2.45) is 0 Å². The fourth-order valence-corrected chi connectivity index (χ4v) is 3.34. The van der Waals surface area contributed by atoms with E-state index in [2.05, 4.69) is 10.6 Å². The summed E-state index contributed by atoms with van der Waals surface area (Å²) < 4.78 is 20.2. The molecule has 0 spiro atoms. The van der Waals surface area contributed by atoms with Crippen LogP contribution < -0.4 is 10.6 Å². The number of carbonyl (C=O) groups is 2. The summed E-state index contributed by atoms with van der Waals surface area (Å²) in [6.07, 6.45) is -8.70. The van der Waals surface area contributed by atoms with Crippen LogP contribution in [0.25, 0.3) is 0 Å². The summed E-state index contributed by atoms with van der Waals surface area (Å²) in [4.78, 5) is 21.8. The predicted molar refractivity (Wildman–Crippen MR) is 112 cm³/mol. The number of nitrogens with one attached hydrogen (secondary N) is 2. The van der Waals surface area contributed by atoms with Crippen molar-refractivity contribution in [1.82, 2.24) is 10.6 Å². The highest BCUT2D eigenvalue weighted by molar-refractivity contribution is 5.73. The van der Waals surface area contributed by atoms with Crippen LogP contribution in [0, 0.1) is 0 Å². The van der Waals surface area contributed by atoms with Crippen molar-refractivity contribution >= 4 is 11.8 Å². The number of hydrogen-bond donors (Lipinski definition) is 8. The molecule has 0 saturated carbocycles. The fourth-order valence-electron chi connectivity index (χ4n) is 3.34. The number of methoxy groups -OCH3 is 2. The Balaban J connectivity index is 0. The second-order valence-corrected chi connectivity index (χ2v) is 7.34.